The summed E-state index contributed by atoms with van der Waals surface area (Å²) in [6.45, 7) is 6.16. The number of carbonyl (C=O) groups is 1. The summed E-state index contributed by atoms with van der Waals surface area (Å²) in [6, 6.07) is 4.29. The average Bonchev–Trinajstić information content (AvgIpc) is 2.26. The van der Waals surface area contributed by atoms with Gasteiger partial charge in [-0.3, -0.25) is 4.79 Å². The Kier molecular flexibility index (Phi) is 3.73. The summed E-state index contributed by atoms with van der Waals surface area (Å²) in [5.74, 6) is -0.526. The Morgan fingerprint density at radius 3 is 2.78 bits per heavy atom. The molecule has 1 aromatic carbocycles. The van der Waals surface area contributed by atoms with Gasteiger partial charge >= 0.3 is 0 Å². The minimum absolute atomic E-state index is 0.123. The van der Waals surface area contributed by atoms with Crippen molar-refractivity contribution in [2.45, 2.75) is 19.4 Å². The van der Waals surface area contributed by atoms with Gasteiger partial charge in [-0.05, 0) is 32.0 Å². The van der Waals surface area contributed by atoms with Crippen LogP contribution in [-0.4, -0.2) is 36.0 Å². The quantitative estimate of drug-likeness (QED) is 0.863. The first-order valence-electron chi connectivity index (χ1n) is 5.89. The minimum Gasteiger partial charge on any atom is -0.331 e. The molecular formula is C13H16BrFN2O. The zero-order valence-electron chi connectivity index (χ0n) is 10.5. The van der Waals surface area contributed by atoms with Gasteiger partial charge in [-0.15, -0.1) is 0 Å². The van der Waals surface area contributed by atoms with Gasteiger partial charge < -0.3 is 10.2 Å². The van der Waals surface area contributed by atoms with Gasteiger partial charge in [-0.1, -0.05) is 15.9 Å². The maximum absolute atomic E-state index is 13.3. The van der Waals surface area contributed by atoms with E-state index in [-0.39, 0.29) is 11.4 Å². The van der Waals surface area contributed by atoms with E-state index in [1.54, 1.807) is 11.0 Å². The number of nitrogens with zero attached hydrogens (tertiary/aromatic N) is 1. The largest absolute Gasteiger partial charge is 0.331 e. The summed E-state index contributed by atoms with van der Waals surface area (Å²) in [6.07, 6.45) is 0. The van der Waals surface area contributed by atoms with E-state index in [9.17, 15) is 9.18 Å². The van der Waals surface area contributed by atoms with E-state index in [2.05, 4.69) is 21.2 Å². The molecule has 0 saturated carbocycles. The molecule has 3 nitrogen and oxygen atoms in total. The van der Waals surface area contributed by atoms with Crippen LogP contribution < -0.4 is 5.32 Å². The molecule has 0 bridgehead atoms. The Hall–Kier alpha value is -0.940. The lowest BCUT2D eigenvalue weighted by atomic mass is 9.98. The molecule has 1 aliphatic heterocycles. The fourth-order valence-corrected chi connectivity index (χ4v) is 2.66. The molecule has 0 atom stereocenters. The summed E-state index contributed by atoms with van der Waals surface area (Å²) in [7, 11) is 0. The van der Waals surface area contributed by atoms with Crippen molar-refractivity contribution in [3.63, 3.8) is 0 Å². The monoisotopic (exact) mass is 314 g/mol. The van der Waals surface area contributed by atoms with Gasteiger partial charge in [0.25, 0.3) is 5.91 Å². The Labute approximate surface area is 114 Å². The molecule has 2 rings (SSSR count). The minimum atomic E-state index is -0.402. The fourth-order valence-electron chi connectivity index (χ4n) is 2.19. The maximum Gasteiger partial charge on any atom is 0.254 e. The van der Waals surface area contributed by atoms with Gasteiger partial charge in [-0.25, -0.2) is 4.39 Å². The highest BCUT2D eigenvalue weighted by Gasteiger charge is 2.33. The van der Waals surface area contributed by atoms with E-state index < -0.39 is 5.82 Å². The molecule has 1 N–H and O–H groups in total. The van der Waals surface area contributed by atoms with Crippen molar-refractivity contribution in [1.29, 1.82) is 0 Å². The Balaban J connectivity index is 2.30. The summed E-state index contributed by atoms with van der Waals surface area (Å²) in [5.41, 5.74) is 0.130. The van der Waals surface area contributed by atoms with E-state index >= 15 is 0 Å². The van der Waals surface area contributed by atoms with Crippen molar-refractivity contribution < 1.29 is 9.18 Å². The van der Waals surface area contributed by atoms with Crippen molar-refractivity contribution >= 4 is 21.8 Å². The number of benzene rings is 1. The number of halogens is 2. The highest BCUT2D eigenvalue weighted by atomic mass is 79.9. The van der Waals surface area contributed by atoms with Crippen LogP contribution in [0.2, 0.25) is 0 Å². The fraction of sp³-hybridized carbons (Fsp3) is 0.462. The van der Waals surface area contributed by atoms with E-state index in [1.165, 1.54) is 12.1 Å². The Bertz CT molecular complexity index is 456. The standard InChI is InChI=1S/C13H16BrFN2O/c1-13(2)8-16-3-4-17(13)12(18)9-5-10(14)7-11(15)6-9/h5-7,16H,3-4,8H2,1-2H3. The summed E-state index contributed by atoms with van der Waals surface area (Å²) >= 11 is 3.21. The predicted octanol–water partition coefficient (Wildman–Crippen LogP) is 2.41. The van der Waals surface area contributed by atoms with Crippen LogP contribution in [0.25, 0.3) is 0 Å². The number of hydrogen-bond acceptors (Lipinski definition) is 2. The number of hydrogen-bond donors (Lipinski definition) is 1. The van der Waals surface area contributed by atoms with Crippen LogP contribution in [0.3, 0.4) is 0 Å². The smallest absolute Gasteiger partial charge is 0.254 e. The lowest BCUT2D eigenvalue weighted by molar-refractivity contribution is 0.0477. The first-order chi connectivity index (χ1) is 8.40. The molecule has 0 radical (unpaired) electrons. The number of piperazine rings is 1. The second kappa shape index (κ2) is 4.97. The first kappa shape index (κ1) is 13.5. The highest BCUT2D eigenvalue weighted by molar-refractivity contribution is 9.10. The Morgan fingerprint density at radius 2 is 2.17 bits per heavy atom. The molecule has 0 aromatic heterocycles. The van der Waals surface area contributed by atoms with Gasteiger partial charge in [-0.2, -0.15) is 0 Å². The molecule has 18 heavy (non-hydrogen) atoms. The number of carbonyl (C=O) groups excluding carboxylic acids is 1. The van der Waals surface area contributed by atoms with Crippen LogP contribution in [0, 0.1) is 5.82 Å². The molecule has 0 spiro atoms. The van der Waals surface area contributed by atoms with E-state index in [1.807, 2.05) is 13.8 Å². The normalized spacial score (nSPS) is 18.8. The van der Waals surface area contributed by atoms with Crippen molar-refractivity contribution in [2.75, 3.05) is 19.6 Å². The van der Waals surface area contributed by atoms with Gasteiger partial charge in [0.1, 0.15) is 5.82 Å². The first-order valence-corrected chi connectivity index (χ1v) is 6.68. The van der Waals surface area contributed by atoms with Crippen LogP contribution in [-0.2, 0) is 0 Å². The van der Waals surface area contributed by atoms with Gasteiger partial charge in [0.05, 0.1) is 5.54 Å². The summed E-state index contributed by atoms with van der Waals surface area (Å²) in [4.78, 5) is 14.2. The number of rotatable bonds is 1. The molecule has 0 unspecified atom stereocenters. The molecule has 1 fully saturated rings. The third-order valence-corrected chi connectivity index (χ3v) is 3.61. The van der Waals surface area contributed by atoms with Gasteiger partial charge in [0, 0.05) is 29.7 Å². The number of nitrogens with one attached hydrogen (secondary N) is 1. The van der Waals surface area contributed by atoms with Crippen LogP contribution in [0.4, 0.5) is 4.39 Å². The molecule has 1 amide bonds. The van der Waals surface area contributed by atoms with Crippen molar-refractivity contribution in [1.82, 2.24) is 10.2 Å². The molecule has 0 aliphatic carbocycles. The molecule has 1 aromatic rings. The summed E-state index contributed by atoms with van der Waals surface area (Å²) in [5, 5.41) is 3.26. The molecular weight excluding hydrogens is 299 g/mol. The third kappa shape index (κ3) is 2.72. The Morgan fingerprint density at radius 1 is 1.44 bits per heavy atom. The predicted molar refractivity (Wildman–Crippen MR) is 72.1 cm³/mol. The molecule has 5 heteroatoms. The summed E-state index contributed by atoms with van der Waals surface area (Å²) < 4.78 is 13.9. The molecule has 98 valence electrons. The van der Waals surface area contributed by atoms with Crippen LogP contribution in [0.5, 0.6) is 0 Å². The zero-order valence-corrected chi connectivity index (χ0v) is 12.1. The maximum atomic E-state index is 13.3. The second-order valence-electron chi connectivity index (χ2n) is 5.10. The van der Waals surface area contributed by atoms with Gasteiger partial charge in [0.15, 0.2) is 0 Å². The van der Waals surface area contributed by atoms with Crippen molar-refractivity contribution in [3.05, 3.63) is 34.1 Å². The molecule has 1 aliphatic rings. The number of amides is 1. The zero-order chi connectivity index (χ0) is 13.3. The average molecular weight is 315 g/mol. The third-order valence-electron chi connectivity index (χ3n) is 3.16. The van der Waals surface area contributed by atoms with E-state index in [4.69, 9.17) is 0 Å². The lowest BCUT2D eigenvalue weighted by Gasteiger charge is -2.42. The van der Waals surface area contributed by atoms with Crippen LogP contribution in [0.15, 0.2) is 22.7 Å². The highest BCUT2D eigenvalue weighted by Crippen LogP contribution is 2.22. The van der Waals surface area contributed by atoms with Crippen LogP contribution >= 0.6 is 15.9 Å². The van der Waals surface area contributed by atoms with Gasteiger partial charge in [0.2, 0.25) is 0 Å². The SMILES string of the molecule is CC1(C)CNCCN1C(=O)c1cc(F)cc(Br)c1. The second-order valence-corrected chi connectivity index (χ2v) is 6.02. The molecule has 1 heterocycles. The van der Waals surface area contributed by atoms with E-state index in [0.717, 1.165) is 13.1 Å². The van der Waals surface area contributed by atoms with Crippen molar-refractivity contribution in [2.24, 2.45) is 0 Å². The van der Waals surface area contributed by atoms with Crippen molar-refractivity contribution in [3.8, 4) is 0 Å². The molecule has 1 saturated heterocycles. The van der Waals surface area contributed by atoms with Crippen LogP contribution in [0.1, 0.15) is 24.2 Å². The van der Waals surface area contributed by atoms with E-state index in [0.29, 0.717) is 16.6 Å². The lowest BCUT2D eigenvalue weighted by Crippen LogP contribution is -2.59. The topological polar surface area (TPSA) is 32.3 Å².